The molecule has 6 nitrogen and oxygen atoms in total. The fourth-order valence-electron chi connectivity index (χ4n) is 4.19. The van der Waals surface area contributed by atoms with Crippen molar-refractivity contribution in [3.63, 3.8) is 0 Å². The molecule has 0 amide bonds. The van der Waals surface area contributed by atoms with E-state index in [1.165, 1.54) is 0 Å². The van der Waals surface area contributed by atoms with Gasteiger partial charge in [-0.1, -0.05) is 18.2 Å². The fraction of sp³-hybridized carbons (Fsp3) is 0.571. The lowest BCUT2D eigenvalue weighted by molar-refractivity contribution is 0.0347. The second-order valence-electron chi connectivity index (χ2n) is 7.77. The second-order valence-corrected chi connectivity index (χ2v) is 7.77. The van der Waals surface area contributed by atoms with Crippen molar-refractivity contribution in [3.8, 4) is 5.69 Å². The first-order chi connectivity index (χ1) is 12.9. The number of para-hydroxylation sites is 1. The number of hydrogen-bond donors (Lipinski definition) is 1. The summed E-state index contributed by atoms with van der Waals surface area (Å²) in [6, 6.07) is 10.6. The normalized spacial score (nSPS) is 19.1. The van der Waals surface area contributed by atoms with Crippen molar-refractivity contribution in [1.82, 2.24) is 19.2 Å². The van der Waals surface area contributed by atoms with Gasteiger partial charge in [-0.2, -0.15) is 0 Å². The summed E-state index contributed by atoms with van der Waals surface area (Å²) in [7, 11) is 1.94. The number of aliphatic hydroxyl groups excluding tert-OH is 1. The van der Waals surface area contributed by atoms with Crippen LogP contribution in [0.2, 0.25) is 0 Å². The van der Waals surface area contributed by atoms with Gasteiger partial charge in [-0.3, -0.25) is 19.3 Å². The van der Waals surface area contributed by atoms with Crippen LogP contribution in [0.4, 0.5) is 0 Å². The molecule has 1 atom stereocenters. The highest BCUT2D eigenvalue weighted by molar-refractivity contribution is 5.33. The molecular formula is C21H32N4O2. The Balaban J connectivity index is 1.83. The number of rotatable bonds is 6. The van der Waals surface area contributed by atoms with Gasteiger partial charge in [-0.25, -0.2) is 4.68 Å². The molecule has 6 heteroatoms. The molecule has 0 saturated carbocycles. The first-order valence-electron chi connectivity index (χ1n) is 9.86. The molecule has 0 spiro atoms. The van der Waals surface area contributed by atoms with Crippen LogP contribution in [0.15, 0.2) is 35.1 Å². The first-order valence-corrected chi connectivity index (χ1v) is 9.86. The van der Waals surface area contributed by atoms with Crippen LogP contribution in [0.5, 0.6) is 0 Å². The van der Waals surface area contributed by atoms with E-state index in [0.717, 1.165) is 43.0 Å². The van der Waals surface area contributed by atoms with Crippen LogP contribution in [0.3, 0.4) is 0 Å². The van der Waals surface area contributed by atoms with Gasteiger partial charge in [0.25, 0.3) is 5.56 Å². The molecule has 0 aliphatic carbocycles. The minimum absolute atomic E-state index is 0.0613. The van der Waals surface area contributed by atoms with E-state index in [-0.39, 0.29) is 12.2 Å². The van der Waals surface area contributed by atoms with Gasteiger partial charge in [0.15, 0.2) is 0 Å². The highest BCUT2D eigenvalue weighted by Crippen LogP contribution is 2.19. The van der Waals surface area contributed by atoms with E-state index in [4.69, 9.17) is 0 Å². The second kappa shape index (κ2) is 8.42. The smallest absolute Gasteiger partial charge is 0.276 e. The average Bonchev–Trinajstić information content (AvgIpc) is 2.86. The molecule has 1 N–H and O–H groups in total. The van der Waals surface area contributed by atoms with E-state index in [0.29, 0.717) is 18.6 Å². The van der Waals surface area contributed by atoms with Crippen molar-refractivity contribution in [2.75, 3.05) is 26.2 Å². The van der Waals surface area contributed by atoms with Crippen molar-refractivity contribution < 1.29 is 5.11 Å². The highest BCUT2D eigenvalue weighted by Gasteiger charge is 2.29. The molecule has 0 unspecified atom stereocenters. The Morgan fingerprint density at radius 3 is 2.52 bits per heavy atom. The number of aliphatic hydroxyl groups is 1. The maximum absolute atomic E-state index is 13.1. The quantitative estimate of drug-likeness (QED) is 0.840. The number of nitrogens with zero attached hydrogens (tertiary/aromatic N) is 4. The minimum Gasteiger partial charge on any atom is -0.396 e. The lowest BCUT2D eigenvalue weighted by Crippen LogP contribution is -2.55. The number of aromatic nitrogens is 2. The predicted octanol–water partition coefficient (Wildman–Crippen LogP) is 1.76. The zero-order valence-corrected chi connectivity index (χ0v) is 16.9. The van der Waals surface area contributed by atoms with Gasteiger partial charge >= 0.3 is 0 Å². The summed E-state index contributed by atoms with van der Waals surface area (Å²) < 4.78 is 3.70. The van der Waals surface area contributed by atoms with E-state index in [1.807, 2.05) is 49.0 Å². The molecule has 1 saturated heterocycles. The molecule has 1 aliphatic rings. The van der Waals surface area contributed by atoms with E-state index < -0.39 is 0 Å². The summed E-state index contributed by atoms with van der Waals surface area (Å²) in [4.78, 5) is 18.0. The summed E-state index contributed by atoms with van der Waals surface area (Å²) in [6.45, 7) is 10.1. The lowest BCUT2D eigenvalue weighted by Gasteiger charge is -2.43. The van der Waals surface area contributed by atoms with Crippen LogP contribution in [-0.2, 0) is 13.6 Å². The number of hydrogen-bond acceptors (Lipinski definition) is 4. The molecule has 1 aromatic carbocycles. The average molecular weight is 373 g/mol. The fourth-order valence-corrected chi connectivity index (χ4v) is 4.19. The van der Waals surface area contributed by atoms with E-state index >= 15 is 0 Å². The van der Waals surface area contributed by atoms with Crippen molar-refractivity contribution in [2.24, 2.45) is 7.05 Å². The summed E-state index contributed by atoms with van der Waals surface area (Å²) in [6.07, 6.45) is 0.775. The van der Waals surface area contributed by atoms with Gasteiger partial charge in [-0.15, -0.1) is 0 Å². The van der Waals surface area contributed by atoms with Crippen LogP contribution in [0.25, 0.3) is 5.69 Å². The summed E-state index contributed by atoms with van der Waals surface area (Å²) in [5, 5.41) is 9.45. The van der Waals surface area contributed by atoms with Gasteiger partial charge in [-0.05, 0) is 39.3 Å². The van der Waals surface area contributed by atoms with Crippen LogP contribution in [-0.4, -0.2) is 62.6 Å². The SMILES string of the molecule is Cc1c(CN2CCN(C(C)C)[C@@H](CCO)C2)c(=O)n(-c2ccccc2)n1C. The van der Waals surface area contributed by atoms with Crippen molar-refractivity contribution in [1.29, 1.82) is 0 Å². The maximum Gasteiger partial charge on any atom is 0.276 e. The maximum atomic E-state index is 13.1. The molecule has 1 aliphatic heterocycles. The minimum atomic E-state index is 0.0613. The van der Waals surface area contributed by atoms with Gasteiger partial charge in [0.05, 0.1) is 11.3 Å². The summed E-state index contributed by atoms with van der Waals surface area (Å²) in [5.74, 6) is 0. The Hall–Kier alpha value is -1.89. The van der Waals surface area contributed by atoms with Crippen LogP contribution in [0.1, 0.15) is 31.5 Å². The van der Waals surface area contributed by atoms with Crippen LogP contribution >= 0.6 is 0 Å². The summed E-state index contributed by atoms with van der Waals surface area (Å²) in [5.41, 5.74) is 2.82. The van der Waals surface area contributed by atoms with E-state index in [2.05, 4.69) is 23.6 Å². The summed E-state index contributed by atoms with van der Waals surface area (Å²) >= 11 is 0. The van der Waals surface area contributed by atoms with E-state index in [9.17, 15) is 9.90 Å². The predicted molar refractivity (Wildman–Crippen MR) is 108 cm³/mol. The molecule has 1 aromatic heterocycles. The number of piperazine rings is 1. The van der Waals surface area contributed by atoms with Crippen molar-refractivity contribution in [2.45, 2.75) is 45.8 Å². The van der Waals surface area contributed by atoms with Crippen molar-refractivity contribution >= 4 is 0 Å². The zero-order chi connectivity index (χ0) is 19.6. The zero-order valence-electron chi connectivity index (χ0n) is 16.9. The van der Waals surface area contributed by atoms with Crippen LogP contribution < -0.4 is 5.56 Å². The molecule has 0 bridgehead atoms. The third-order valence-electron chi connectivity index (χ3n) is 5.79. The van der Waals surface area contributed by atoms with Gasteiger partial charge in [0.1, 0.15) is 0 Å². The Morgan fingerprint density at radius 1 is 1.19 bits per heavy atom. The molecule has 3 rings (SSSR count). The number of benzene rings is 1. The Kier molecular flexibility index (Phi) is 6.19. The molecule has 0 radical (unpaired) electrons. The third-order valence-corrected chi connectivity index (χ3v) is 5.79. The van der Waals surface area contributed by atoms with E-state index in [1.54, 1.807) is 4.68 Å². The van der Waals surface area contributed by atoms with Gasteiger partial charge in [0, 0.05) is 57.6 Å². The third kappa shape index (κ3) is 4.03. The largest absolute Gasteiger partial charge is 0.396 e. The molecular weight excluding hydrogens is 340 g/mol. The van der Waals surface area contributed by atoms with Gasteiger partial charge < -0.3 is 5.11 Å². The molecule has 148 valence electrons. The highest BCUT2D eigenvalue weighted by atomic mass is 16.3. The lowest BCUT2D eigenvalue weighted by atomic mass is 10.1. The molecule has 27 heavy (non-hydrogen) atoms. The topological polar surface area (TPSA) is 53.6 Å². The first kappa shape index (κ1) is 19.9. The van der Waals surface area contributed by atoms with Crippen LogP contribution in [0, 0.1) is 6.92 Å². The van der Waals surface area contributed by atoms with Crippen molar-refractivity contribution in [3.05, 3.63) is 51.9 Å². The van der Waals surface area contributed by atoms with Gasteiger partial charge in [0.2, 0.25) is 0 Å². The Morgan fingerprint density at radius 2 is 1.89 bits per heavy atom. The molecule has 2 heterocycles. The Labute approximate surface area is 161 Å². The standard InChI is InChI=1S/C21H32N4O2/c1-16(2)24-12-11-23(14-19(24)10-13-26)15-20-17(3)22(4)25(21(20)27)18-8-6-5-7-9-18/h5-9,16,19,26H,10-15H2,1-4H3/t19-/m0/s1. The Bertz CT molecular complexity index is 810. The molecule has 2 aromatic rings. The molecule has 1 fully saturated rings. The monoisotopic (exact) mass is 372 g/mol.